The van der Waals surface area contributed by atoms with Crippen molar-refractivity contribution >= 4 is 35.0 Å². The highest BCUT2D eigenvalue weighted by Gasteiger charge is 2.32. The molecule has 0 unspecified atom stereocenters. The maximum absolute atomic E-state index is 9.30. The van der Waals surface area contributed by atoms with E-state index in [4.69, 9.17) is 34.7 Å². The van der Waals surface area contributed by atoms with Crippen molar-refractivity contribution in [3.63, 3.8) is 0 Å². The highest BCUT2D eigenvalue weighted by Crippen LogP contribution is 2.44. The van der Waals surface area contributed by atoms with E-state index in [1.54, 1.807) is 18.2 Å². The molecule has 0 fully saturated rings. The lowest BCUT2D eigenvalue weighted by molar-refractivity contribution is 0.958. The van der Waals surface area contributed by atoms with Crippen LogP contribution in [0.4, 0.5) is 0 Å². The van der Waals surface area contributed by atoms with Crippen LogP contribution in [0.2, 0.25) is 10.0 Å². The van der Waals surface area contributed by atoms with E-state index in [1.165, 1.54) is 0 Å². The molecule has 4 N–H and O–H groups in total. The molecule has 4 nitrogen and oxygen atoms in total. The van der Waals surface area contributed by atoms with Gasteiger partial charge in [0.15, 0.2) is 0 Å². The zero-order valence-electron chi connectivity index (χ0n) is 10.0. The minimum Gasteiger partial charge on any atom is -0.392 e. The van der Waals surface area contributed by atoms with Crippen LogP contribution in [0.3, 0.4) is 0 Å². The molecule has 0 spiro atoms. The summed E-state index contributed by atoms with van der Waals surface area (Å²) in [6, 6.07) is 8.92. The maximum atomic E-state index is 9.30. The van der Waals surface area contributed by atoms with Crippen molar-refractivity contribution in [1.29, 1.82) is 10.5 Å². The second-order valence-corrected chi connectivity index (χ2v) is 5.91. The lowest BCUT2D eigenvalue weighted by Crippen LogP contribution is -2.18. The molecule has 100 valence electrons. The van der Waals surface area contributed by atoms with E-state index in [0.717, 1.165) is 11.8 Å². The highest BCUT2D eigenvalue weighted by molar-refractivity contribution is 8.06. The van der Waals surface area contributed by atoms with Gasteiger partial charge in [0, 0.05) is 10.0 Å². The molecule has 0 aromatic heterocycles. The molecule has 0 atom stereocenters. The van der Waals surface area contributed by atoms with E-state index in [2.05, 4.69) is 0 Å². The average Bonchev–Trinajstić information content (AvgIpc) is 2.38. The molecule has 0 bridgehead atoms. The quantitative estimate of drug-likeness (QED) is 0.826. The van der Waals surface area contributed by atoms with Crippen LogP contribution in [0.1, 0.15) is 11.5 Å². The summed E-state index contributed by atoms with van der Waals surface area (Å²) in [5.74, 6) is -0.656. The Morgan fingerprint density at radius 1 is 1.05 bits per heavy atom. The summed E-state index contributed by atoms with van der Waals surface area (Å²) in [5.41, 5.74) is 12.8. The number of nitriles is 2. The number of hydrogen-bond acceptors (Lipinski definition) is 5. The first kappa shape index (κ1) is 14.6. The molecule has 0 saturated carbocycles. The van der Waals surface area contributed by atoms with Crippen LogP contribution in [0.15, 0.2) is 39.4 Å². The van der Waals surface area contributed by atoms with Gasteiger partial charge in [0.05, 0.1) is 39.3 Å². The van der Waals surface area contributed by atoms with Crippen molar-refractivity contribution in [3.8, 4) is 12.1 Å². The van der Waals surface area contributed by atoms with Crippen molar-refractivity contribution in [3.05, 3.63) is 55.0 Å². The van der Waals surface area contributed by atoms with E-state index in [9.17, 15) is 10.5 Å². The summed E-state index contributed by atoms with van der Waals surface area (Å²) in [6.45, 7) is 0. The second-order valence-electron chi connectivity index (χ2n) is 3.98. The van der Waals surface area contributed by atoms with E-state index in [1.807, 2.05) is 12.1 Å². The third kappa shape index (κ3) is 2.44. The second kappa shape index (κ2) is 5.68. The Hall–Kier alpha value is -1.79. The van der Waals surface area contributed by atoms with Crippen LogP contribution in [0.5, 0.6) is 0 Å². The van der Waals surface area contributed by atoms with Crippen LogP contribution >= 0.6 is 35.0 Å². The Bertz CT molecular complexity index is 689. The number of nitrogens with zero attached hydrogens (tertiary/aromatic N) is 2. The SMILES string of the molecule is N#CC1=C(N)SC(N)=C(C#N)C1c1ccc(Cl)cc1Cl. The summed E-state index contributed by atoms with van der Waals surface area (Å²) in [6.07, 6.45) is 0. The number of thioether (sulfide) groups is 1. The first-order valence-corrected chi connectivity index (χ1v) is 6.99. The molecule has 1 heterocycles. The Morgan fingerprint density at radius 3 is 2.05 bits per heavy atom. The number of benzene rings is 1. The molecule has 7 heteroatoms. The van der Waals surface area contributed by atoms with Crippen LogP contribution < -0.4 is 11.5 Å². The molecular formula is C13H8Cl2N4S. The zero-order valence-corrected chi connectivity index (χ0v) is 12.4. The predicted molar refractivity (Wildman–Crippen MR) is 80.4 cm³/mol. The first-order chi connectivity index (χ1) is 9.49. The first-order valence-electron chi connectivity index (χ1n) is 5.41. The van der Waals surface area contributed by atoms with Gasteiger partial charge in [-0.1, -0.05) is 41.0 Å². The molecule has 2 rings (SSSR count). The highest BCUT2D eigenvalue weighted by atomic mass is 35.5. The Labute approximate surface area is 130 Å². The Kier molecular flexibility index (Phi) is 4.15. The average molecular weight is 323 g/mol. The third-order valence-corrected chi connectivity index (χ3v) is 4.28. The molecule has 1 aromatic rings. The number of nitrogens with two attached hydrogens (primary N) is 2. The summed E-state index contributed by atoms with van der Waals surface area (Å²) in [5, 5.41) is 20.0. The molecule has 0 saturated heterocycles. The number of hydrogen-bond donors (Lipinski definition) is 2. The smallest absolute Gasteiger partial charge is 0.0985 e. The molecule has 1 aromatic carbocycles. The fourth-order valence-corrected chi connectivity index (χ4v) is 3.24. The molecule has 0 radical (unpaired) electrons. The molecule has 1 aliphatic heterocycles. The van der Waals surface area contributed by atoms with E-state index < -0.39 is 5.92 Å². The lowest BCUT2D eigenvalue weighted by atomic mass is 9.86. The van der Waals surface area contributed by atoms with E-state index >= 15 is 0 Å². The maximum Gasteiger partial charge on any atom is 0.0985 e. The van der Waals surface area contributed by atoms with Gasteiger partial charge in [-0.2, -0.15) is 10.5 Å². The van der Waals surface area contributed by atoms with E-state index in [-0.39, 0.29) is 21.2 Å². The fraction of sp³-hybridized carbons (Fsp3) is 0.0769. The molecule has 0 aliphatic carbocycles. The van der Waals surface area contributed by atoms with Gasteiger partial charge in [0.25, 0.3) is 0 Å². The van der Waals surface area contributed by atoms with Crippen LogP contribution in [-0.2, 0) is 0 Å². The predicted octanol–water partition coefficient (Wildman–Crippen LogP) is 3.21. The van der Waals surface area contributed by atoms with Crippen molar-refractivity contribution in [2.24, 2.45) is 11.5 Å². The summed E-state index contributed by atoms with van der Waals surface area (Å²) in [4.78, 5) is 0. The molecule has 1 aliphatic rings. The number of rotatable bonds is 1. The van der Waals surface area contributed by atoms with Gasteiger partial charge in [0.2, 0.25) is 0 Å². The van der Waals surface area contributed by atoms with Gasteiger partial charge in [0.1, 0.15) is 0 Å². The normalized spacial score (nSPS) is 16.0. The number of halogens is 2. The van der Waals surface area contributed by atoms with Crippen molar-refractivity contribution in [1.82, 2.24) is 0 Å². The summed E-state index contributed by atoms with van der Waals surface area (Å²) < 4.78 is 0. The molecule has 20 heavy (non-hydrogen) atoms. The fourth-order valence-electron chi connectivity index (χ4n) is 1.94. The lowest BCUT2D eigenvalue weighted by Gasteiger charge is -2.24. The van der Waals surface area contributed by atoms with Crippen molar-refractivity contribution in [2.75, 3.05) is 0 Å². The third-order valence-electron chi connectivity index (χ3n) is 2.84. The van der Waals surface area contributed by atoms with Gasteiger partial charge >= 0.3 is 0 Å². The van der Waals surface area contributed by atoms with Crippen LogP contribution in [0, 0.1) is 22.7 Å². The van der Waals surface area contributed by atoms with Gasteiger partial charge in [-0.15, -0.1) is 0 Å². The topological polar surface area (TPSA) is 99.6 Å². The van der Waals surface area contributed by atoms with Crippen molar-refractivity contribution < 1.29 is 0 Å². The minimum atomic E-state index is -0.656. The monoisotopic (exact) mass is 322 g/mol. The Morgan fingerprint density at radius 2 is 1.60 bits per heavy atom. The standard InChI is InChI=1S/C13H8Cl2N4S/c14-6-1-2-7(10(15)3-6)11-8(4-16)12(18)20-13(19)9(11)5-17/h1-3,11H,18-19H2. The minimum absolute atomic E-state index is 0.268. The van der Waals surface area contributed by atoms with Crippen LogP contribution in [0.25, 0.3) is 0 Å². The van der Waals surface area contributed by atoms with Crippen LogP contribution in [-0.4, -0.2) is 0 Å². The summed E-state index contributed by atoms with van der Waals surface area (Å²) in [7, 11) is 0. The van der Waals surface area contributed by atoms with Gasteiger partial charge < -0.3 is 11.5 Å². The van der Waals surface area contributed by atoms with Gasteiger partial charge in [-0.25, -0.2) is 0 Å². The van der Waals surface area contributed by atoms with E-state index in [0.29, 0.717) is 15.6 Å². The Balaban J connectivity index is 2.69. The molecule has 0 amide bonds. The molecular weight excluding hydrogens is 315 g/mol. The zero-order chi connectivity index (χ0) is 14.9. The summed E-state index contributed by atoms with van der Waals surface area (Å²) >= 11 is 13.0. The largest absolute Gasteiger partial charge is 0.392 e. The van der Waals surface area contributed by atoms with Gasteiger partial charge in [-0.3, -0.25) is 0 Å². The number of allylic oxidation sites excluding steroid dienone is 2. The van der Waals surface area contributed by atoms with Gasteiger partial charge in [-0.05, 0) is 17.7 Å². The van der Waals surface area contributed by atoms with Crippen molar-refractivity contribution in [2.45, 2.75) is 5.92 Å².